The van der Waals surface area contributed by atoms with Crippen LogP contribution in [-0.2, 0) is 4.74 Å². The maximum absolute atomic E-state index is 9.85. The van der Waals surface area contributed by atoms with Crippen LogP contribution in [0.1, 0.15) is 13.8 Å². The minimum Gasteiger partial charge on any atom is -0.375 e. The molecule has 0 aliphatic carbocycles. The predicted octanol–water partition coefficient (Wildman–Crippen LogP) is 1.74. The number of rotatable bonds is 3. The van der Waals surface area contributed by atoms with Crippen LogP contribution in [0.3, 0.4) is 0 Å². The Morgan fingerprint density at radius 1 is 1.67 bits per heavy atom. The Labute approximate surface area is 59.3 Å². The number of hydrogen-bond donors (Lipinski definition) is 0. The van der Waals surface area contributed by atoms with Crippen LogP contribution in [0.4, 0.5) is 0 Å². The van der Waals surface area contributed by atoms with Gasteiger partial charge in [-0.2, -0.15) is 0 Å². The molecule has 0 bridgehead atoms. The van der Waals surface area contributed by atoms with Gasteiger partial charge < -0.3 is 4.74 Å². The molecular formula is C5H10ClNO2. The van der Waals surface area contributed by atoms with Crippen molar-refractivity contribution in [2.45, 2.75) is 24.9 Å². The van der Waals surface area contributed by atoms with Gasteiger partial charge in [0.1, 0.15) is 5.60 Å². The highest BCUT2D eigenvalue weighted by atomic mass is 35.5. The molecule has 3 nitrogen and oxygen atoms in total. The Kier molecular flexibility index (Phi) is 3.08. The molecule has 0 heterocycles. The van der Waals surface area contributed by atoms with Gasteiger partial charge in [0.25, 0.3) is 0 Å². The van der Waals surface area contributed by atoms with Crippen LogP contribution >= 0.6 is 11.6 Å². The van der Waals surface area contributed by atoms with E-state index in [-0.39, 0.29) is 0 Å². The van der Waals surface area contributed by atoms with E-state index in [4.69, 9.17) is 16.3 Å². The fourth-order valence-corrected chi connectivity index (χ4v) is 0.313. The van der Waals surface area contributed by atoms with Crippen molar-refractivity contribution in [2.75, 3.05) is 7.11 Å². The fourth-order valence-electron chi connectivity index (χ4n) is 0.224. The SMILES string of the molecule is COC(C)(C)C(Cl)N=O. The first-order valence-corrected chi connectivity index (χ1v) is 3.00. The van der Waals surface area contributed by atoms with Crippen LogP contribution in [0, 0.1) is 4.91 Å². The van der Waals surface area contributed by atoms with Gasteiger partial charge in [-0.15, -0.1) is 4.91 Å². The van der Waals surface area contributed by atoms with Crippen molar-refractivity contribution in [2.24, 2.45) is 5.18 Å². The van der Waals surface area contributed by atoms with Crippen LogP contribution in [0.2, 0.25) is 0 Å². The smallest absolute Gasteiger partial charge is 0.193 e. The summed E-state index contributed by atoms with van der Waals surface area (Å²) in [5, 5.41) is 2.62. The molecule has 0 saturated heterocycles. The summed E-state index contributed by atoms with van der Waals surface area (Å²) < 4.78 is 4.86. The predicted molar refractivity (Wildman–Crippen MR) is 36.5 cm³/mol. The average Bonchev–Trinajstić information content (AvgIpc) is 1.86. The quantitative estimate of drug-likeness (QED) is 0.350. The molecule has 0 aliphatic heterocycles. The summed E-state index contributed by atoms with van der Waals surface area (Å²) in [6.07, 6.45) is 0. The molecule has 0 aromatic heterocycles. The van der Waals surface area contributed by atoms with E-state index in [0.717, 1.165) is 0 Å². The summed E-state index contributed by atoms with van der Waals surface area (Å²) in [5.74, 6) is 0. The van der Waals surface area contributed by atoms with E-state index in [1.165, 1.54) is 7.11 Å². The molecule has 0 aromatic carbocycles. The highest BCUT2D eigenvalue weighted by Crippen LogP contribution is 2.19. The van der Waals surface area contributed by atoms with Crippen molar-refractivity contribution in [1.29, 1.82) is 0 Å². The molecule has 0 rings (SSSR count). The van der Waals surface area contributed by atoms with Gasteiger partial charge in [0.15, 0.2) is 5.50 Å². The standard InChI is InChI=1S/C5H10ClNO2/c1-5(2,9-3)4(6)7-8/h4H,1-3H3. The summed E-state index contributed by atoms with van der Waals surface area (Å²) in [7, 11) is 1.49. The monoisotopic (exact) mass is 151 g/mol. The van der Waals surface area contributed by atoms with Crippen LogP contribution in [-0.4, -0.2) is 18.2 Å². The second-order valence-electron chi connectivity index (χ2n) is 2.25. The topological polar surface area (TPSA) is 38.7 Å². The van der Waals surface area contributed by atoms with E-state index in [1.54, 1.807) is 13.8 Å². The van der Waals surface area contributed by atoms with Gasteiger partial charge in [-0.05, 0) is 19.0 Å². The first kappa shape index (κ1) is 8.85. The van der Waals surface area contributed by atoms with E-state index in [1.807, 2.05) is 0 Å². The van der Waals surface area contributed by atoms with Crippen LogP contribution < -0.4 is 0 Å². The van der Waals surface area contributed by atoms with E-state index >= 15 is 0 Å². The summed E-state index contributed by atoms with van der Waals surface area (Å²) in [5.41, 5.74) is -1.48. The Morgan fingerprint density at radius 2 is 2.11 bits per heavy atom. The van der Waals surface area contributed by atoms with Crippen molar-refractivity contribution >= 4 is 11.6 Å². The zero-order valence-corrected chi connectivity index (χ0v) is 6.47. The van der Waals surface area contributed by atoms with Gasteiger partial charge >= 0.3 is 0 Å². The van der Waals surface area contributed by atoms with Gasteiger partial charge in [-0.3, -0.25) is 0 Å². The summed E-state index contributed by atoms with van der Waals surface area (Å²) in [6, 6.07) is 0. The number of hydrogen-bond acceptors (Lipinski definition) is 3. The summed E-state index contributed by atoms with van der Waals surface area (Å²) in [6.45, 7) is 3.40. The third-order valence-corrected chi connectivity index (χ3v) is 1.80. The van der Waals surface area contributed by atoms with E-state index in [0.29, 0.717) is 0 Å². The lowest BCUT2D eigenvalue weighted by molar-refractivity contribution is 0.0206. The fraction of sp³-hybridized carbons (Fsp3) is 1.00. The molecule has 0 aliphatic rings. The van der Waals surface area contributed by atoms with E-state index < -0.39 is 11.1 Å². The summed E-state index contributed by atoms with van der Waals surface area (Å²) in [4.78, 5) is 9.85. The Balaban J connectivity index is 3.95. The first-order chi connectivity index (χ1) is 4.04. The molecule has 0 aromatic rings. The van der Waals surface area contributed by atoms with E-state index in [9.17, 15) is 4.91 Å². The number of ether oxygens (including phenoxy) is 1. The minimum atomic E-state index is -0.817. The second-order valence-corrected chi connectivity index (χ2v) is 2.66. The Bertz CT molecular complexity index is 105. The third-order valence-electron chi connectivity index (χ3n) is 1.19. The largest absolute Gasteiger partial charge is 0.375 e. The molecule has 0 saturated carbocycles. The third kappa shape index (κ3) is 2.28. The van der Waals surface area contributed by atoms with Crippen molar-refractivity contribution in [3.8, 4) is 0 Å². The Morgan fingerprint density at radius 3 is 2.22 bits per heavy atom. The van der Waals surface area contributed by atoms with Gasteiger partial charge in [0.05, 0.1) is 0 Å². The van der Waals surface area contributed by atoms with Crippen LogP contribution in [0.25, 0.3) is 0 Å². The minimum absolute atomic E-state index is 0.663. The van der Waals surface area contributed by atoms with Crippen molar-refractivity contribution in [1.82, 2.24) is 0 Å². The molecule has 0 N–H and O–H groups in total. The lowest BCUT2D eigenvalue weighted by Crippen LogP contribution is -2.32. The van der Waals surface area contributed by atoms with Gasteiger partial charge in [-0.25, -0.2) is 0 Å². The maximum Gasteiger partial charge on any atom is 0.193 e. The van der Waals surface area contributed by atoms with Gasteiger partial charge in [0, 0.05) is 7.11 Å². The average molecular weight is 152 g/mol. The molecule has 1 atom stereocenters. The molecule has 0 fully saturated rings. The maximum atomic E-state index is 9.85. The highest BCUT2D eigenvalue weighted by molar-refractivity contribution is 6.21. The van der Waals surface area contributed by atoms with E-state index in [2.05, 4.69) is 5.18 Å². The molecule has 0 amide bonds. The second kappa shape index (κ2) is 3.13. The number of nitrogens with zero attached hydrogens (tertiary/aromatic N) is 1. The first-order valence-electron chi connectivity index (χ1n) is 2.56. The molecule has 9 heavy (non-hydrogen) atoms. The Hall–Kier alpha value is -0.150. The van der Waals surface area contributed by atoms with Gasteiger partial charge in [-0.1, -0.05) is 11.6 Å². The van der Waals surface area contributed by atoms with Crippen molar-refractivity contribution < 1.29 is 4.74 Å². The van der Waals surface area contributed by atoms with Crippen LogP contribution in [0.5, 0.6) is 0 Å². The number of nitroso groups, excluding NO2 is 1. The van der Waals surface area contributed by atoms with Crippen LogP contribution in [0.15, 0.2) is 5.18 Å². The lowest BCUT2D eigenvalue weighted by Gasteiger charge is -2.22. The zero-order chi connectivity index (χ0) is 7.49. The number of halogens is 1. The van der Waals surface area contributed by atoms with Gasteiger partial charge in [0.2, 0.25) is 0 Å². The number of methoxy groups -OCH3 is 1. The zero-order valence-electron chi connectivity index (χ0n) is 5.72. The molecular weight excluding hydrogens is 142 g/mol. The normalized spacial score (nSPS) is 15.1. The molecule has 0 radical (unpaired) electrons. The van der Waals surface area contributed by atoms with Crippen molar-refractivity contribution in [3.63, 3.8) is 0 Å². The molecule has 4 heteroatoms. The molecule has 1 unspecified atom stereocenters. The van der Waals surface area contributed by atoms with Crippen molar-refractivity contribution in [3.05, 3.63) is 4.91 Å². The summed E-state index contributed by atoms with van der Waals surface area (Å²) >= 11 is 5.45. The lowest BCUT2D eigenvalue weighted by atomic mass is 10.1. The molecule has 54 valence electrons. The highest BCUT2D eigenvalue weighted by Gasteiger charge is 2.27. The number of alkyl halides is 1. The molecule has 0 spiro atoms.